The summed E-state index contributed by atoms with van der Waals surface area (Å²) in [5.41, 5.74) is 1.36. The first kappa shape index (κ1) is 27.8. The van der Waals surface area contributed by atoms with Gasteiger partial charge in [-0.05, 0) is 42.3 Å². The lowest BCUT2D eigenvalue weighted by molar-refractivity contribution is -0.385. The highest BCUT2D eigenvalue weighted by molar-refractivity contribution is 6.18. The maximum absolute atomic E-state index is 14.9. The molecular weight excluding hydrogens is 576 g/mol. The Morgan fingerprint density at radius 3 is 2.22 bits per heavy atom. The SMILES string of the molecule is CC1=C[C@H]2N(c3ccccc31)[C@@H](C(=O)c1ccc([N+](=O)[O-])cc1)[C@@H](C(=O)c1cccc([N+](=O)[O-])c1)[C@]21C(=O)Nc2ccccc21. The van der Waals surface area contributed by atoms with Gasteiger partial charge >= 0.3 is 0 Å². The number of allylic oxidation sites excluding steroid dienone is 1. The number of hydrogen-bond acceptors (Lipinski definition) is 8. The molecule has 3 aliphatic rings. The van der Waals surface area contributed by atoms with Crippen molar-refractivity contribution in [1.29, 1.82) is 0 Å². The minimum atomic E-state index is -1.60. The molecule has 1 spiro atoms. The van der Waals surface area contributed by atoms with E-state index in [9.17, 15) is 34.6 Å². The van der Waals surface area contributed by atoms with E-state index in [-0.39, 0.29) is 22.5 Å². The topological polar surface area (TPSA) is 153 Å². The molecule has 0 aromatic heterocycles. The average Bonchev–Trinajstić information content (AvgIpc) is 3.52. The van der Waals surface area contributed by atoms with Crippen molar-refractivity contribution in [3.63, 3.8) is 0 Å². The van der Waals surface area contributed by atoms with E-state index in [0.717, 1.165) is 17.2 Å². The molecule has 1 saturated heterocycles. The van der Waals surface area contributed by atoms with Gasteiger partial charge in [0.15, 0.2) is 11.6 Å². The number of carbonyl (C=O) groups excluding carboxylic acids is 3. The van der Waals surface area contributed by atoms with Crippen LogP contribution in [-0.2, 0) is 10.2 Å². The maximum atomic E-state index is 14.9. The van der Waals surface area contributed by atoms with Crippen LogP contribution in [0.2, 0.25) is 0 Å². The summed E-state index contributed by atoms with van der Waals surface area (Å²) in [6.45, 7) is 1.91. The van der Waals surface area contributed by atoms with Crippen LogP contribution >= 0.6 is 0 Å². The van der Waals surface area contributed by atoms with Crippen LogP contribution < -0.4 is 10.2 Å². The molecule has 0 radical (unpaired) electrons. The van der Waals surface area contributed by atoms with Gasteiger partial charge in [0.1, 0.15) is 11.5 Å². The lowest BCUT2D eigenvalue weighted by atomic mass is 9.64. The molecule has 0 bridgehead atoms. The molecule has 1 fully saturated rings. The molecule has 3 aliphatic heterocycles. The molecule has 3 heterocycles. The van der Waals surface area contributed by atoms with Gasteiger partial charge in [0, 0.05) is 52.3 Å². The molecule has 11 nitrogen and oxygen atoms in total. The first-order chi connectivity index (χ1) is 21.6. The summed E-state index contributed by atoms with van der Waals surface area (Å²) in [5.74, 6) is -2.93. The van der Waals surface area contributed by atoms with Crippen LogP contribution in [0.25, 0.3) is 5.57 Å². The van der Waals surface area contributed by atoms with Crippen LogP contribution in [0.1, 0.15) is 38.8 Å². The highest BCUT2D eigenvalue weighted by atomic mass is 16.6. The molecule has 4 aromatic carbocycles. The van der Waals surface area contributed by atoms with E-state index in [4.69, 9.17) is 0 Å². The number of anilines is 2. The van der Waals surface area contributed by atoms with Crippen molar-refractivity contribution in [3.8, 4) is 0 Å². The fourth-order valence-electron chi connectivity index (χ4n) is 7.26. The van der Waals surface area contributed by atoms with E-state index in [1.165, 1.54) is 42.5 Å². The van der Waals surface area contributed by atoms with Crippen molar-refractivity contribution in [1.82, 2.24) is 0 Å². The largest absolute Gasteiger partial charge is 0.352 e. The summed E-state index contributed by atoms with van der Waals surface area (Å²) in [7, 11) is 0. The number of para-hydroxylation sites is 2. The number of amides is 1. The second kappa shape index (κ2) is 10.1. The van der Waals surface area contributed by atoms with Crippen molar-refractivity contribution >= 4 is 45.8 Å². The molecule has 45 heavy (non-hydrogen) atoms. The van der Waals surface area contributed by atoms with E-state index < -0.39 is 50.7 Å². The highest BCUT2D eigenvalue weighted by Gasteiger charge is 2.70. The number of ketones is 2. The second-order valence-electron chi connectivity index (χ2n) is 11.4. The van der Waals surface area contributed by atoms with Gasteiger partial charge in [0.25, 0.3) is 11.4 Å². The lowest BCUT2D eigenvalue weighted by Crippen LogP contribution is -2.51. The third-order valence-corrected chi connectivity index (χ3v) is 9.14. The predicted molar refractivity (Wildman–Crippen MR) is 165 cm³/mol. The summed E-state index contributed by atoms with van der Waals surface area (Å²) in [5, 5.41) is 26.0. The average molecular weight is 601 g/mol. The fourth-order valence-corrected chi connectivity index (χ4v) is 7.26. The Labute approximate surface area is 256 Å². The van der Waals surface area contributed by atoms with Crippen LogP contribution in [0.5, 0.6) is 0 Å². The fraction of sp³-hybridized carbons (Fsp3) is 0.147. The van der Waals surface area contributed by atoms with Crippen molar-refractivity contribution in [2.45, 2.75) is 24.4 Å². The van der Waals surface area contributed by atoms with Gasteiger partial charge in [-0.25, -0.2) is 0 Å². The number of carbonyl (C=O) groups is 3. The smallest absolute Gasteiger partial charge is 0.270 e. The van der Waals surface area contributed by atoms with Crippen LogP contribution in [0, 0.1) is 26.1 Å². The normalized spacial score (nSPS) is 22.6. The van der Waals surface area contributed by atoms with E-state index in [1.54, 1.807) is 24.3 Å². The van der Waals surface area contributed by atoms with Gasteiger partial charge < -0.3 is 10.2 Å². The first-order valence-electron chi connectivity index (χ1n) is 14.2. The van der Waals surface area contributed by atoms with Crippen LogP contribution in [-0.4, -0.2) is 39.4 Å². The molecule has 4 atom stereocenters. The molecule has 0 aliphatic carbocycles. The Morgan fingerprint density at radius 2 is 1.49 bits per heavy atom. The zero-order valence-corrected chi connectivity index (χ0v) is 23.7. The summed E-state index contributed by atoms with van der Waals surface area (Å²) in [6.07, 6.45) is 1.90. The Balaban J connectivity index is 1.53. The number of Topliss-reactive ketones (excluding diaryl/α,β-unsaturated/α-hetero) is 2. The molecule has 7 rings (SSSR count). The van der Waals surface area contributed by atoms with Crippen molar-refractivity contribution in [2.75, 3.05) is 10.2 Å². The second-order valence-corrected chi connectivity index (χ2v) is 11.4. The number of nitro groups is 2. The van der Waals surface area contributed by atoms with Crippen LogP contribution in [0.3, 0.4) is 0 Å². The molecule has 4 aromatic rings. The number of nitro benzene ring substituents is 2. The van der Waals surface area contributed by atoms with Gasteiger partial charge in [-0.3, -0.25) is 34.6 Å². The number of nitrogens with zero attached hydrogens (tertiary/aromatic N) is 3. The minimum absolute atomic E-state index is 0.0129. The summed E-state index contributed by atoms with van der Waals surface area (Å²) in [6, 6.07) is 22.8. The lowest BCUT2D eigenvalue weighted by Gasteiger charge is -2.39. The van der Waals surface area contributed by atoms with Crippen molar-refractivity contribution in [3.05, 3.63) is 146 Å². The number of nitrogens with one attached hydrogen (secondary N) is 1. The zero-order valence-electron chi connectivity index (χ0n) is 23.7. The maximum Gasteiger partial charge on any atom is 0.270 e. The van der Waals surface area contributed by atoms with Crippen molar-refractivity contribution < 1.29 is 24.2 Å². The molecule has 11 heteroatoms. The number of rotatable bonds is 6. The monoisotopic (exact) mass is 600 g/mol. The molecule has 0 saturated carbocycles. The number of non-ortho nitro benzene ring substituents is 2. The summed E-state index contributed by atoms with van der Waals surface area (Å²) >= 11 is 0. The van der Waals surface area contributed by atoms with E-state index in [1.807, 2.05) is 42.2 Å². The quantitative estimate of drug-likeness (QED) is 0.167. The van der Waals surface area contributed by atoms with Gasteiger partial charge in [-0.2, -0.15) is 0 Å². The molecule has 222 valence electrons. The molecule has 1 N–H and O–H groups in total. The van der Waals surface area contributed by atoms with Crippen LogP contribution in [0.15, 0.2) is 103 Å². The van der Waals surface area contributed by atoms with Gasteiger partial charge in [-0.15, -0.1) is 0 Å². The summed E-state index contributed by atoms with van der Waals surface area (Å²) in [4.78, 5) is 67.7. The van der Waals surface area contributed by atoms with Crippen LogP contribution in [0.4, 0.5) is 22.7 Å². The van der Waals surface area contributed by atoms with E-state index in [0.29, 0.717) is 16.9 Å². The predicted octanol–water partition coefficient (Wildman–Crippen LogP) is 5.75. The molecule has 1 amide bonds. The highest BCUT2D eigenvalue weighted by Crippen LogP contribution is 2.58. The van der Waals surface area contributed by atoms with E-state index >= 15 is 0 Å². The Morgan fingerprint density at radius 1 is 0.800 bits per heavy atom. The van der Waals surface area contributed by atoms with E-state index in [2.05, 4.69) is 5.32 Å². The molecular formula is C34H24N4O7. The summed E-state index contributed by atoms with van der Waals surface area (Å²) < 4.78 is 0. The third kappa shape index (κ3) is 3.93. The van der Waals surface area contributed by atoms with Gasteiger partial charge in [-0.1, -0.05) is 54.6 Å². The minimum Gasteiger partial charge on any atom is -0.352 e. The van der Waals surface area contributed by atoms with Crippen molar-refractivity contribution in [2.24, 2.45) is 5.92 Å². The Kier molecular flexibility index (Phi) is 6.22. The first-order valence-corrected chi connectivity index (χ1v) is 14.2. The number of hydrogen-bond donors (Lipinski definition) is 1. The number of fused-ring (bicyclic) bond motifs is 6. The third-order valence-electron chi connectivity index (χ3n) is 9.14. The Hall–Kier alpha value is -5.97. The number of benzene rings is 4. The zero-order chi connectivity index (χ0) is 31.6. The molecule has 0 unspecified atom stereocenters. The van der Waals surface area contributed by atoms with Gasteiger partial charge in [0.05, 0.1) is 21.8 Å². The standard InChI is InChI=1S/C34H24N4O7/c1-19-17-28-34(25-10-3-4-11-26(25)35-33(34)41)29(31(39)21-7-6-8-23(18-21)38(44)45)30(36(28)27-12-5-2-9-24(19)27)32(40)20-13-15-22(16-14-20)37(42)43/h2-18,28-30H,1H3,(H,35,41)/t28-,29+,30-,34-/m1/s1. The Bertz CT molecular complexity index is 2000. The van der Waals surface area contributed by atoms with Gasteiger partial charge in [0.2, 0.25) is 5.91 Å².